The van der Waals surface area contributed by atoms with Gasteiger partial charge in [0.15, 0.2) is 0 Å². The number of likely N-dealkylation sites (N-methyl/N-ethyl adjacent to an activating group) is 1. The molecule has 7 nitrogen and oxygen atoms in total. The number of anilines is 1. The molecule has 0 spiro atoms. The molecule has 31 heavy (non-hydrogen) atoms. The number of hydrogen-bond acceptors (Lipinski definition) is 6. The van der Waals surface area contributed by atoms with Gasteiger partial charge in [-0.25, -0.2) is 0 Å². The van der Waals surface area contributed by atoms with Gasteiger partial charge in [-0.05, 0) is 42.7 Å². The van der Waals surface area contributed by atoms with Crippen molar-refractivity contribution >= 4 is 23.1 Å². The van der Waals surface area contributed by atoms with E-state index < -0.39 is 17.7 Å². The summed E-state index contributed by atoms with van der Waals surface area (Å²) >= 11 is 0. The molecule has 1 aliphatic carbocycles. The van der Waals surface area contributed by atoms with E-state index in [0.717, 1.165) is 49.2 Å². The Morgan fingerprint density at radius 1 is 1.19 bits per heavy atom. The first kappa shape index (κ1) is 19.6. The topological polar surface area (TPSA) is 83.0 Å². The van der Waals surface area contributed by atoms with Crippen LogP contribution in [0.1, 0.15) is 42.9 Å². The highest BCUT2D eigenvalue weighted by molar-refractivity contribution is 6.46. The van der Waals surface area contributed by atoms with Crippen molar-refractivity contribution in [2.75, 3.05) is 25.1 Å². The number of aliphatic hydroxyl groups is 1. The molecule has 5 rings (SSSR count). The van der Waals surface area contributed by atoms with Crippen molar-refractivity contribution < 1.29 is 19.4 Å². The first-order valence-corrected chi connectivity index (χ1v) is 10.7. The van der Waals surface area contributed by atoms with Crippen LogP contribution in [-0.2, 0) is 9.59 Å². The molecule has 2 fully saturated rings. The normalized spacial score (nSPS) is 23.2. The highest BCUT2D eigenvalue weighted by Crippen LogP contribution is 2.44. The molecule has 1 N–H and O–H groups in total. The molecule has 2 aliphatic heterocycles. The third-order valence-corrected chi connectivity index (χ3v) is 6.53. The molecule has 0 radical (unpaired) electrons. The van der Waals surface area contributed by atoms with E-state index in [0.29, 0.717) is 12.2 Å². The summed E-state index contributed by atoms with van der Waals surface area (Å²) in [6.07, 6.45) is 7.12. The number of aromatic nitrogens is 1. The number of fused-ring (bicyclic) bond motifs is 1. The largest absolute Gasteiger partial charge is 0.507 e. The number of aliphatic hydroxyl groups excluding tert-OH is 1. The average molecular weight is 419 g/mol. The molecule has 1 amide bonds. The average Bonchev–Trinajstić information content (AvgIpc) is 3.41. The molecule has 1 aromatic heterocycles. The van der Waals surface area contributed by atoms with Gasteiger partial charge in [-0.1, -0.05) is 18.9 Å². The van der Waals surface area contributed by atoms with Gasteiger partial charge in [-0.2, -0.15) is 0 Å². The Morgan fingerprint density at radius 2 is 2.00 bits per heavy atom. The highest BCUT2D eigenvalue weighted by atomic mass is 16.5. The fourth-order valence-corrected chi connectivity index (χ4v) is 4.93. The molecule has 0 bridgehead atoms. The summed E-state index contributed by atoms with van der Waals surface area (Å²) in [5.74, 6) is -0.601. The number of nitrogens with zero attached hydrogens (tertiary/aromatic N) is 3. The van der Waals surface area contributed by atoms with Gasteiger partial charge in [0.25, 0.3) is 11.7 Å². The van der Waals surface area contributed by atoms with E-state index in [1.165, 1.54) is 0 Å². The second-order valence-corrected chi connectivity index (χ2v) is 8.38. The Morgan fingerprint density at radius 3 is 2.74 bits per heavy atom. The van der Waals surface area contributed by atoms with Crippen molar-refractivity contribution in [2.45, 2.75) is 37.8 Å². The number of benzene rings is 1. The number of likely N-dealkylation sites (tertiary alicyclic amines) is 1. The van der Waals surface area contributed by atoms with Gasteiger partial charge < -0.3 is 19.6 Å². The molecule has 3 aliphatic rings. The van der Waals surface area contributed by atoms with Crippen LogP contribution in [0.25, 0.3) is 5.76 Å². The van der Waals surface area contributed by atoms with Gasteiger partial charge in [0.05, 0.1) is 23.8 Å². The van der Waals surface area contributed by atoms with Crippen molar-refractivity contribution in [3.05, 3.63) is 59.4 Å². The third kappa shape index (κ3) is 3.24. The molecule has 1 atom stereocenters. The van der Waals surface area contributed by atoms with Gasteiger partial charge in [-0.15, -0.1) is 0 Å². The lowest BCUT2D eigenvalue weighted by Gasteiger charge is -2.30. The van der Waals surface area contributed by atoms with Crippen LogP contribution in [0.4, 0.5) is 5.69 Å². The van der Waals surface area contributed by atoms with Crippen molar-refractivity contribution in [3.63, 3.8) is 0 Å². The third-order valence-electron chi connectivity index (χ3n) is 6.53. The lowest BCUT2D eigenvalue weighted by Crippen LogP contribution is -2.37. The Bertz CT molecular complexity index is 1060. The van der Waals surface area contributed by atoms with E-state index in [-0.39, 0.29) is 17.4 Å². The molecule has 1 saturated carbocycles. The number of carbonyl (C=O) groups is 2. The summed E-state index contributed by atoms with van der Waals surface area (Å²) in [7, 11) is 1.96. The molecule has 1 unspecified atom stereocenters. The van der Waals surface area contributed by atoms with Crippen LogP contribution < -0.4 is 9.64 Å². The molecule has 1 aromatic carbocycles. The monoisotopic (exact) mass is 419 g/mol. The fourth-order valence-electron chi connectivity index (χ4n) is 4.93. The molecule has 1 saturated heterocycles. The van der Waals surface area contributed by atoms with E-state index in [1.807, 2.05) is 24.1 Å². The summed E-state index contributed by atoms with van der Waals surface area (Å²) in [5.41, 5.74) is 2.20. The van der Waals surface area contributed by atoms with Crippen LogP contribution in [0, 0.1) is 0 Å². The van der Waals surface area contributed by atoms with Gasteiger partial charge >= 0.3 is 0 Å². The van der Waals surface area contributed by atoms with Gasteiger partial charge in [0, 0.05) is 31.0 Å². The summed E-state index contributed by atoms with van der Waals surface area (Å²) in [6, 6.07) is 8.34. The van der Waals surface area contributed by atoms with Gasteiger partial charge in [-0.3, -0.25) is 14.6 Å². The molecular formula is C24H25N3O4. The number of hydrogen-bond donors (Lipinski definition) is 1. The predicted molar refractivity (Wildman–Crippen MR) is 116 cm³/mol. The maximum absolute atomic E-state index is 13.2. The van der Waals surface area contributed by atoms with Crippen molar-refractivity contribution in [2.24, 2.45) is 0 Å². The van der Waals surface area contributed by atoms with Crippen LogP contribution in [0.3, 0.4) is 0 Å². The second-order valence-electron chi connectivity index (χ2n) is 8.38. The minimum absolute atomic E-state index is 0.00461. The summed E-state index contributed by atoms with van der Waals surface area (Å²) in [5, 5.41) is 11.3. The quantitative estimate of drug-likeness (QED) is 0.467. The SMILES string of the molecule is CN1CCOc2ccc(/C(O)=C3/C(=O)C(=O)N(C4CCCC4)C3c3cccnc3)cc21. The molecular weight excluding hydrogens is 394 g/mol. The summed E-state index contributed by atoms with van der Waals surface area (Å²) < 4.78 is 5.69. The zero-order valence-corrected chi connectivity index (χ0v) is 17.5. The van der Waals surface area contributed by atoms with Crippen molar-refractivity contribution in [1.29, 1.82) is 0 Å². The molecule has 2 aromatic rings. The zero-order chi connectivity index (χ0) is 21.5. The predicted octanol–water partition coefficient (Wildman–Crippen LogP) is 3.27. The van der Waals surface area contributed by atoms with E-state index in [2.05, 4.69) is 4.98 Å². The van der Waals surface area contributed by atoms with Gasteiger partial charge in [0.2, 0.25) is 0 Å². The lowest BCUT2D eigenvalue weighted by atomic mass is 9.95. The van der Waals surface area contributed by atoms with Gasteiger partial charge in [0.1, 0.15) is 18.1 Å². The van der Waals surface area contributed by atoms with Crippen LogP contribution >= 0.6 is 0 Å². The first-order valence-electron chi connectivity index (χ1n) is 10.7. The van der Waals surface area contributed by atoms with Crippen LogP contribution in [0.15, 0.2) is 48.3 Å². The Kier molecular flexibility index (Phi) is 4.88. The van der Waals surface area contributed by atoms with E-state index in [1.54, 1.807) is 35.5 Å². The molecule has 160 valence electrons. The molecule has 7 heteroatoms. The van der Waals surface area contributed by atoms with Crippen molar-refractivity contribution in [1.82, 2.24) is 9.88 Å². The number of amides is 1. The fraction of sp³-hybridized carbons (Fsp3) is 0.375. The summed E-state index contributed by atoms with van der Waals surface area (Å²) in [6.45, 7) is 1.33. The zero-order valence-electron chi connectivity index (χ0n) is 17.5. The van der Waals surface area contributed by atoms with E-state index >= 15 is 0 Å². The number of carbonyl (C=O) groups excluding carboxylic acids is 2. The maximum Gasteiger partial charge on any atom is 0.295 e. The smallest absolute Gasteiger partial charge is 0.295 e. The minimum Gasteiger partial charge on any atom is -0.507 e. The van der Waals surface area contributed by atoms with E-state index in [9.17, 15) is 14.7 Å². The molecule has 3 heterocycles. The Balaban J connectivity index is 1.65. The second kappa shape index (κ2) is 7.72. The van der Waals surface area contributed by atoms with Crippen LogP contribution in [-0.4, -0.2) is 52.9 Å². The number of ketones is 1. The highest BCUT2D eigenvalue weighted by Gasteiger charge is 2.49. The van der Waals surface area contributed by atoms with Crippen LogP contribution in [0.5, 0.6) is 5.75 Å². The van der Waals surface area contributed by atoms with Crippen molar-refractivity contribution in [3.8, 4) is 5.75 Å². The Labute approximate surface area is 180 Å². The summed E-state index contributed by atoms with van der Waals surface area (Å²) in [4.78, 5) is 34.2. The lowest BCUT2D eigenvalue weighted by molar-refractivity contribution is -0.141. The number of ether oxygens (including phenoxy) is 1. The standard InChI is InChI=1S/C24H25N3O4/c1-26-11-12-31-19-9-8-15(13-18(19)26)22(28)20-21(16-5-4-10-25-14-16)27(24(30)23(20)29)17-6-2-3-7-17/h4-5,8-10,13-14,17,21,28H,2-3,6-7,11-12H2,1H3/b22-20-. The Hall–Kier alpha value is -3.35. The minimum atomic E-state index is -0.638. The van der Waals surface area contributed by atoms with Crippen LogP contribution in [0.2, 0.25) is 0 Å². The van der Waals surface area contributed by atoms with E-state index in [4.69, 9.17) is 4.74 Å². The maximum atomic E-state index is 13.2. The number of Topliss-reactive ketones (excluding diaryl/α,β-unsaturated/α-hetero) is 1. The first-order chi connectivity index (χ1) is 15.1. The number of rotatable bonds is 3. The number of pyridine rings is 1.